The van der Waals surface area contributed by atoms with Gasteiger partial charge < -0.3 is 5.11 Å². The van der Waals surface area contributed by atoms with Gasteiger partial charge >= 0.3 is 0 Å². The zero-order valence-corrected chi connectivity index (χ0v) is 10.8. The van der Waals surface area contributed by atoms with Gasteiger partial charge in [-0.05, 0) is 43.0 Å². The number of phenols is 1. The van der Waals surface area contributed by atoms with Gasteiger partial charge in [-0.3, -0.25) is 0 Å². The predicted molar refractivity (Wildman–Crippen MR) is 71.0 cm³/mol. The van der Waals surface area contributed by atoms with Crippen molar-refractivity contribution < 1.29 is 5.11 Å². The number of aromatic hydroxyl groups is 1. The zero-order chi connectivity index (χ0) is 12.0. The van der Waals surface area contributed by atoms with Gasteiger partial charge in [0.1, 0.15) is 5.75 Å². The predicted octanol–water partition coefficient (Wildman–Crippen LogP) is 4.06. The third kappa shape index (κ3) is 1.73. The van der Waals surface area contributed by atoms with Gasteiger partial charge in [0.2, 0.25) is 0 Å². The Morgan fingerprint density at radius 2 is 1.88 bits per heavy atom. The third-order valence-corrected chi connectivity index (χ3v) is 4.62. The summed E-state index contributed by atoms with van der Waals surface area (Å²) in [7, 11) is 0. The summed E-state index contributed by atoms with van der Waals surface area (Å²) < 4.78 is 0. The Morgan fingerprint density at radius 3 is 2.71 bits per heavy atom. The van der Waals surface area contributed by atoms with E-state index in [1.54, 1.807) is 17.8 Å². The van der Waals surface area contributed by atoms with E-state index in [9.17, 15) is 5.11 Å². The molecule has 0 saturated heterocycles. The quantitative estimate of drug-likeness (QED) is 0.641. The van der Waals surface area contributed by atoms with E-state index in [-0.39, 0.29) is 0 Å². The summed E-state index contributed by atoms with van der Waals surface area (Å²) in [6, 6.07) is 10.2. The van der Waals surface area contributed by atoms with Crippen LogP contribution in [0.3, 0.4) is 0 Å². The molecule has 0 aliphatic carbocycles. The van der Waals surface area contributed by atoms with Crippen LogP contribution >= 0.6 is 11.8 Å². The van der Waals surface area contributed by atoms with Gasteiger partial charge in [0.25, 0.3) is 0 Å². The van der Waals surface area contributed by atoms with Crippen molar-refractivity contribution in [3.8, 4) is 5.75 Å². The molecule has 2 heteroatoms. The highest BCUT2D eigenvalue weighted by molar-refractivity contribution is 7.99. The molecule has 1 heterocycles. The first kappa shape index (κ1) is 10.7. The fraction of sp³-hybridized carbons (Fsp3) is 0.200. The molecule has 1 nitrogen and oxygen atoms in total. The number of hydrogen-bond donors (Lipinski definition) is 1. The molecule has 2 aromatic carbocycles. The highest BCUT2D eigenvalue weighted by Crippen LogP contribution is 2.45. The van der Waals surface area contributed by atoms with Gasteiger partial charge in [0.05, 0.1) is 4.90 Å². The maximum atomic E-state index is 9.91. The molecule has 1 aliphatic rings. The lowest BCUT2D eigenvalue weighted by molar-refractivity contribution is 0.461. The van der Waals surface area contributed by atoms with Gasteiger partial charge in [0.15, 0.2) is 0 Å². The Hall–Kier alpha value is -1.41. The van der Waals surface area contributed by atoms with E-state index in [2.05, 4.69) is 32.0 Å². The third-order valence-electron chi connectivity index (χ3n) is 3.16. The van der Waals surface area contributed by atoms with E-state index < -0.39 is 0 Å². The van der Waals surface area contributed by atoms with Crippen molar-refractivity contribution in [1.82, 2.24) is 0 Å². The van der Waals surface area contributed by atoms with E-state index in [1.165, 1.54) is 27.1 Å². The fourth-order valence-electron chi connectivity index (χ4n) is 2.46. The van der Waals surface area contributed by atoms with Crippen molar-refractivity contribution >= 4 is 11.8 Å². The second kappa shape index (κ2) is 3.81. The number of hydrogen-bond acceptors (Lipinski definition) is 2. The maximum Gasteiger partial charge on any atom is 0.129 e. The van der Waals surface area contributed by atoms with E-state index in [1.807, 2.05) is 6.07 Å². The molecule has 0 unspecified atom stereocenters. The van der Waals surface area contributed by atoms with Crippen LogP contribution in [0.4, 0.5) is 0 Å². The minimum Gasteiger partial charge on any atom is -0.507 e. The van der Waals surface area contributed by atoms with Crippen molar-refractivity contribution in [2.45, 2.75) is 30.1 Å². The summed E-state index contributed by atoms with van der Waals surface area (Å²) in [5.74, 6) is 0.401. The SMILES string of the molecule is Cc1cc(C)c2c(c1)Cc1cccc(O)c1S2. The van der Waals surface area contributed by atoms with E-state index in [0.717, 1.165) is 11.3 Å². The summed E-state index contributed by atoms with van der Waals surface area (Å²) in [5.41, 5.74) is 5.22. The molecule has 0 amide bonds. The van der Waals surface area contributed by atoms with Crippen LogP contribution in [-0.2, 0) is 6.42 Å². The van der Waals surface area contributed by atoms with Crippen molar-refractivity contribution in [3.63, 3.8) is 0 Å². The molecule has 3 rings (SSSR count). The van der Waals surface area contributed by atoms with Crippen molar-refractivity contribution in [2.24, 2.45) is 0 Å². The number of rotatable bonds is 0. The lowest BCUT2D eigenvalue weighted by Crippen LogP contribution is -2.02. The van der Waals surface area contributed by atoms with Crippen LogP contribution in [0, 0.1) is 13.8 Å². The summed E-state index contributed by atoms with van der Waals surface area (Å²) in [6.45, 7) is 4.28. The summed E-state index contributed by atoms with van der Waals surface area (Å²) in [4.78, 5) is 2.33. The van der Waals surface area contributed by atoms with Crippen LogP contribution in [0.2, 0.25) is 0 Å². The average molecular weight is 242 g/mol. The normalized spacial score (nSPS) is 13.1. The van der Waals surface area contributed by atoms with Gasteiger partial charge in [-0.15, -0.1) is 0 Å². The first-order valence-electron chi connectivity index (χ1n) is 5.74. The van der Waals surface area contributed by atoms with Gasteiger partial charge in [-0.1, -0.05) is 41.6 Å². The Labute approximate surface area is 105 Å². The Balaban J connectivity index is 2.17. The summed E-state index contributed by atoms with van der Waals surface area (Å²) >= 11 is 1.69. The molecule has 1 N–H and O–H groups in total. The number of aryl methyl sites for hydroxylation is 2. The molecule has 86 valence electrons. The molecule has 0 aromatic heterocycles. The molecule has 2 aromatic rings. The Bertz CT molecular complexity index is 602. The topological polar surface area (TPSA) is 20.2 Å². The van der Waals surface area contributed by atoms with Crippen LogP contribution < -0.4 is 0 Å². The lowest BCUT2D eigenvalue weighted by atomic mass is 9.99. The first-order valence-corrected chi connectivity index (χ1v) is 6.55. The molecule has 0 saturated carbocycles. The highest BCUT2D eigenvalue weighted by atomic mass is 32.2. The van der Waals surface area contributed by atoms with Crippen molar-refractivity contribution in [1.29, 1.82) is 0 Å². The standard InChI is InChI=1S/C15H14OS/c1-9-6-10(2)14-12(7-9)8-11-4-3-5-13(16)15(11)17-14/h3-7,16H,8H2,1-2H3. The number of benzene rings is 2. The molecule has 0 fully saturated rings. The van der Waals surface area contributed by atoms with E-state index in [4.69, 9.17) is 0 Å². The van der Waals surface area contributed by atoms with Gasteiger partial charge in [-0.2, -0.15) is 0 Å². The largest absolute Gasteiger partial charge is 0.507 e. The van der Waals surface area contributed by atoms with Crippen LogP contribution in [0.1, 0.15) is 22.3 Å². The van der Waals surface area contributed by atoms with Crippen molar-refractivity contribution in [3.05, 3.63) is 52.6 Å². The van der Waals surface area contributed by atoms with Gasteiger partial charge in [0, 0.05) is 4.90 Å². The fourth-order valence-corrected chi connectivity index (χ4v) is 3.59. The lowest BCUT2D eigenvalue weighted by Gasteiger charge is -2.22. The smallest absolute Gasteiger partial charge is 0.129 e. The highest BCUT2D eigenvalue weighted by Gasteiger charge is 2.20. The maximum absolute atomic E-state index is 9.91. The molecular weight excluding hydrogens is 228 g/mol. The molecule has 0 radical (unpaired) electrons. The summed E-state index contributed by atoms with van der Waals surface area (Å²) in [5, 5.41) is 9.91. The molecule has 0 atom stereocenters. The molecule has 0 bridgehead atoms. The molecule has 0 spiro atoms. The molecule has 17 heavy (non-hydrogen) atoms. The van der Waals surface area contributed by atoms with Crippen LogP contribution in [0.25, 0.3) is 0 Å². The Kier molecular flexibility index (Phi) is 2.40. The van der Waals surface area contributed by atoms with Crippen LogP contribution in [-0.4, -0.2) is 5.11 Å². The van der Waals surface area contributed by atoms with Crippen molar-refractivity contribution in [2.75, 3.05) is 0 Å². The zero-order valence-electron chi connectivity index (χ0n) is 9.95. The number of fused-ring (bicyclic) bond motifs is 2. The Morgan fingerprint density at radius 1 is 1.06 bits per heavy atom. The van der Waals surface area contributed by atoms with Crippen LogP contribution in [0.15, 0.2) is 40.1 Å². The van der Waals surface area contributed by atoms with Gasteiger partial charge in [-0.25, -0.2) is 0 Å². The minimum atomic E-state index is 0.401. The second-order valence-electron chi connectivity index (χ2n) is 4.61. The van der Waals surface area contributed by atoms with E-state index >= 15 is 0 Å². The summed E-state index contributed by atoms with van der Waals surface area (Å²) in [6.07, 6.45) is 0.925. The molecular formula is C15H14OS. The average Bonchev–Trinajstić information content (AvgIpc) is 2.27. The minimum absolute atomic E-state index is 0.401. The second-order valence-corrected chi connectivity index (χ2v) is 5.63. The number of phenolic OH excluding ortho intramolecular Hbond substituents is 1. The first-order chi connectivity index (χ1) is 8.15. The van der Waals surface area contributed by atoms with E-state index in [0.29, 0.717) is 5.75 Å². The molecule has 1 aliphatic heterocycles. The van der Waals surface area contributed by atoms with Crippen LogP contribution in [0.5, 0.6) is 5.75 Å². The monoisotopic (exact) mass is 242 g/mol.